The highest BCUT2D eigenvalue weighted by atomic mass is 35.5. The average molecular weight is 284 g/mol. The minimum atomic E-state index is -0.219. The lowest BCUT2D eigenvalue weighted by atomic mass is 10.1. The largest absolute Gasteiger partial charge is 0.385 e. The summed E-state index contributed by atoms with van der Waals surface area (Å²) >= 11 is 5.90. The second-order valence-corrected chi connectivity index (χ2v) is 4.40. The third-order valence-electron chi connectivity index (χ3n) is 2.38. The first-order chi connectivity index (χ1) is 9.04. The minimum absolute atomic E-state index is 0.120. The summed E-state index contributed by atoms with van der Waals surface area (Å²) in [5.74, 6) is -0.339. The Morgan fingerprint density at radius 3 is 2.53 bits per heavy atom. The molecule has 0 spiro atoms. The molecule has 1 aromatic rings. The van der Waals surface area contributed by atoms with Gasteiger partial charge in [0, 0.05) is 37.3 Å². The lowest BCUT2D eigenvalue weighted by molar-refractivity contribution is -0.118. The van der Waals surface area contributed by atoms with Crippen LogP contribution in [0.5, 0.6) is 0 Å². The fourth-order valence-electron chi connectivity index (χ4n) is 1.56. The first-order valence-electron chi connectivity index (χ1n) is 6.10. The van der Waals surface area contributed by atoms with Crippen LogP contribution in [0.15, 0.2) is 18.2 Å². The van der Waals surface area contributed by atoms with E-state index in [-0.39, 0.29) is 11.8 Å². The van der Waals surface area contributed by atoms with E-state index in [0.717, 1.165) is 5.69 Å². The zero-order valence-electron chi connectivity index (χ0n) is 11.0. The SMILES string of the molecule is CCNc1ccc(Cl)cc1C(=O)NCCNC(C)=O. The maximum Gasteiger partial charge on any atom is 0.253 e. The van der Waals surface area contributed by atoms with E-state index in [1.807, 2.05) is 6.92 Å². The molecule has 0 aliphatic heterocycles. The summed E-state index contributed by atoms with van der Waals surface area (Å²) in [6, 6.07) is 5.12. The number of halogens is 1. The van der Waals surface area contributed by atoms with Crippen LogP contribution in [-0.2, 0) is 4.79 Å². The van der Waals surface area contributed by atoms with Crippen LogP contribution in [0.25, 0.3) is 0 Å². The van der Waals surface area contributed by atoms with Gasteiger partial charge in [-0.25, -0.2) is 0 Å². The van der Waals surface area contributed by atoms with E-state index in [0.29, 0.717) is 30.2 Å². The first kappa shape index (κ1) is 15.3. The zero-order valence-corrected chi connectivity index (χ0v) is 11.8. The molecule has 0 aliphatic rings. The Kier molecular flexibility index (Phi) is 6.15. The van der Waals surface area contributed by atoms with Crippen molar-refractivity contribution < 1.29 is 9.59 Å². The fraction of sp³-hybridized carbons (Fsp3) is 0.385. The Hall–Kier alpha value is -1.75. The average Bonchev–Trinajstić information content (AvgIpc) is 2.36. The van der Waals surface area contributed by atoms with E-state index in [4.69, 9.17) is 11.6 Å². The van der Waals surface area contributed by atoms with Crippen LogP contribution >= 0.6 is 11.6 Å². The second kappa shape index (κ2) is 7.63. The predicted molar refractivity (Wildman–Crippen MR) is 76.6 cm³/mol. The molecule has 0 aromatic heterocycles. The molecule has 6 heteroatoms. The molecule has 19 heavy (non-hydrogen) atoms. The van der Waals surface area contributed by atoms with E-state index in [1.54, 1.807) is 18.2 Å². The summed E-state index contributed by atoms with van der Waals surface area (Å²) in [4.78, 5) is 22.7. The van der Waals surface area contributed by atoms with Crippen LogP contribution < -0.4 is 16.0 Å². The Bertz CT molecular complexity index is 463. The molecule has 5 nitrogen and oxygen atoms in total. The molecule has 0 radical (unpaired) electrons. The fourth-order valence-corrected chi connectivity index (χ4v) is 1.73. The number of carbonyl (C=O) groups excluding carboxylic acids is 2. The third kappa shape index (κ3) is 5.18. The Labute approximate surface area is 117 Å². The maximum atomic E-state index is 12.0. The highest BCUT2D eigenvalue weighted by Gasteiger charge is 2.11. The summed E-state index contributed by atoms with van der Waals surface area (Å²) in [7, 11) is 0. The summed E-state index contributed by atoms with van der Waals surface area (Å²) < 4.78 is 0. The lowest BCUT2D eigenvalue weighted by Gasteiger charge is -2.11. The third-order valence-corrected chi connectivity index (χ3v) is 2.61. The molecule has 3 N–H and O–H groups in total. The lowest BCUT2D eigenvalue weighted by Crippen LogP contribution is -2.33. The molecule has 0 fully saturated rings. The molecule has 0 aliphatic carbocycles. The standard InChI is InChI=1S/C13H18ClN3O2/c1-3-15-12-5-4-10(14)8-11(12)13(19)17-7-6-16-9(2)18/h4-5,8,15H,3,6-7H2,1-2H3,(H,16,18)(H,17,19). The van der Waals surface area contributed by atoms with Crippen molar-refractivity contribution in [1.29, 1.82) is 0 Å². The highest BCUT2D eigenvalue weighted by molar-refractivity contribution is 6.31. The van der Waals surface area contributed by atoms with Gasteiger partial charge in [0.25, 0.3) is 5.91 Å². The molecular formula is C13H18ClN3O2. The molecule has 0 saturated carbocycles. The number of amides is 2. The monoisotopic (exact) mass is 283 g/mol. The van der Waals surface area contributed by atoms with Crippen molar-refractivity contribution in [1.82, 2.24) is 10.6 Å². The summed E-state index contributed by atoms with van der Waals surface area (Å²) in [5.41, 5.74) is 1.24. The Morgan fingerprint density at radius 1 is 1.21 bits per heavy atom. The van der Waals surface area contributed by atoms with E-state index in [9.17, 15) is 9.59 Å². The number of anilines is 1. The number of hydrogen-bond donors (Lipinski definition) is 3. The maximum absolute atomic E-state index is 12.0. The Morgan fingerprint density at radius 2 is 1.89 bits per heavy atom. The summed E-state index contributed by atoms with van der Waals surface area (Å²) in [6.45, 7) is 4.87. The molecule has 2 amide bonds. The number of nitrogens with one attached hydrogen (secondary N) is 3. The van der Waals surface area contributed by atoms with Gasteiger partial charge in [-0.05, 0) is 25.1 Å². The zero-order chi connectivity index (χ0) is 14.3. The number of carbonyl (C=O) groups is 2. The quantitative estimate of drug-likeness (QED) is 0.695. The Balaban J connectivity index is 2.64. The molecule has 0 unspecified atom stereocenters. The van der Waals surface area contributed by atoms with Crippen molar-refractivity contribution in [3.63, 3.8) is 0 Å². The molecular weight excluding hydrogens is 266 g/mol. The van der Waals surface area contributed by atoms with Gasteiger partial charge in [0.1, 0.15) is 0 Å². The van der Waals surface area contributed by atoms with Crippen LogP contribution in [0, 0.1) is 0 Å². The van der Waals surface area contributed by atoms with Gasteiger partial charge in [0.2, 0.25) is 5.91 Å². The molecule has 0 saturated heterocycles. The van der Waals surface area contributed by atoms with E-state index < -0.39 is 0 Å². The van der Waals surface area contributed by atoms with Crippen molar-refractivity contribution in [3.8, 4) is 0 Å². The van der Waals surface area contributed by atoms with Crippen molar-refractivity contribution in [2.45, 2.75) is 13.8 Å². The normalized spacial score (nSPS) is 9.84. The van der Waals surface area contributed by atoms with Gasteiger partial charge < -0.3 is 16.0 Å². The molecule has 1 rings (SSSR count). The van der Waals surface area contributed by atoms with Gasteiger partial charge in [0.15, 0.2) is 0 Å². The van der Waals surface area contributed by atoms with Crippen molar-refractivity contribution in [2.24, 2.45) is 0 Å². The van der Waals surface area contributed by atoms with Crippen molar-refractivity contribution in [3.05, 3.63) is 28.8 Å². The smallest absolute Gasteiger partial charge is 0.253 e. The molecule has 1 aromatic carbocycles. The van der Waals surface area contributed by atoms with Crippen molar-refractivity contribution >= 4 is 29.1 Å². The molecule has 0 bridgehead atoms. The topological polar surface area (TPSA) is 70.2 Å². The van der Waals surface area contributed by atoms with E-state index >= 15 is 0 Å². The molecule has 0 atom stereocenters. The second-order valence-electron chi connectivity index (χ2n) is 3.96. The summed E-state index contributed by atoms with van der Waals surface area (Å²) in [6.07, 6.45) is 0. The van der Waals surface area contributed by atoms with Gasteiger partial charge in [-0.15, -0.1) is 0 Å². The van der Waals surface area contributed by atoms with Crippen LogP contribution in [0.4, 0.5) is 5.69 Å². The van der Waals surface area contributed by atoms with Gasteiger partial charge in [0.05, 0.1) is 5.56 Å². The number of benzene rings is 1. The van der Waals surface area contributed by atoms with Gasteiger partial charge >= 0.3 is 0 Å². The highest BCUT2D eigenvalue weighted by Crippen LogP contribution is 2.20. The van der Waals surface area contributed by atoms with Crippen LogP contribution in [-0.4, -0.2) is 31.4 Å². The van der Waals surface area contributed by atoms with Gasteiger partial charge in [-0.1, -0.05) is 11.6 Å². The van der Waals surface area contributed by atoms with Gasteiger partial charge in [-0.3, -0.25) is 9.59 Å². The van der Waals surface area contributed by atoms with E-state index in [2.05, 4.69) is 16.0 Å². The minimum Gasteiger partial charge on any atom is -0.385 e. The molecule has 0 heterocycles. The number of hydrogen-bond acceptors (Lipinski definition) is 3. The molecule has 104 valence electrons. The number of rotatable bonds is 6. The van der Waals surface area contributed by atoms with Crippen LogP contribution in [0.3, 0.4) is 0 Å². The van der Waals surface area contributed by atoms with Crippen molar-refractivity contribution in [2.75, 3.05) is 25.0 Å². The van der Waals surface area contributed by atoms with Crippen LogP contribution in [0.1, 0.15) is 24.2 Å². The first-order valence-corrected chi connectivity index (χ1v) is 6.48. The van der Waals surface area contributed by atoms with E-state index in [1.165, 1.54) is 6.92 Å². The predicted octanol–water partition coefficient (Wildman–Crippen LogP) is 1.64. The van der Waals surface area contributed by atoms with Crippen LogP contribution in [0.2, 0.25) is 5.02 Å². The van der Waals surface area contributed by atoms with Gasteiger partial charge in [-0.2, -0.15) is 0 Å². The summed E-state index contributed by atoms with van der Waals surface area (Å²) in [5, 5.41) is 8.95.